The highest BCUT2D eigenvalue weighted by atomic mass is 79.9. The molecule has 2 nitrogen and oxygen atoms in total. The topological polar surface area (TPSA) is 25.2 Å². The SMILES string of the molecule is CCCNC(c1ccc(Cl)c(Cl)c1)c1ccoc1Br. The molecule has 0 bridgehead atoms. The third-order valence-electron chi connectivity index (χ3n) is 2.83. The molecule has 1 N–H and O–H groups in total. The average molecular weight is 363 g/mol. The van der Waals surface area contributed by atoms with E-state index >= 15 is 0 Å². The first-order chi connectivity index (χ1) is 9.13. The van der Waals surface area contributed by atoms with Crippen molar-refractivity contribution in [3.63, 3.8) is 0 Å². The fourth-order valence-corrected chi connectivity index (χ4v) is 2.67. The smallest absolute Gasteiger partial charge is 0.174 e. The summed E-state index contributed by atoms with van der Waals surface area (Å²) in [7, 11) is 0. The molecule has 1 aromatic carbocycles. The van der Waals surface area contributed by atoms with Gasteiger partial charge in [-0.05, 0) is 52.7 Å². The predicted molar refractivity (Wildman–Crippen MR) is 83.0 cm³/mol. The van der Waals surface area contributed by atoms with Gasteiger partial charge in [-0.2, -0.15) is 0 Å². The number of hydrogen-bond donors (Lipinski definition) is 1. The fourth-order valence-electron chi connectivity index (χ4n) is 1.90. The maximum atomic E-state index is 6.10. The van der Waals surface area contributed by atoms with Gasteiger partial charge in [0.05, 0.1) is 22.4 Å². The average Bonchev–Trinajstić information content (AvgIpc) is 2.80. The van der Waals surface area contributed by atoms with Crippen molar-refractivity contribution in [3.05, 3.63) is 56.4 Å². The molecule has 0 fully saturated rings. The number of benzene rings is 1. The van der Waals surface area contributed by atoms with Crippen molar-refractivity contribution in [2.24, 2.45) is 0 Å². The molecule has 102 valence electrons. The van der Waals surface area contributed by atoms with Gasteiger partial charge in [-0.15, -0.1) is 0 Å². The zero-order valence-corrected chi connectivity index (χ0v) is 13.5. The molecule has 0 aliphatic heterocycles. The van der Waals surface area contributed by atoms with Crippen LogP contribution in [-0.4, -0.2) is 6.54 Å². The Balaban J connectivity index is 2.37. The Kier molecular flexibility index (Phi) is 5.34. The first-order valence-corrected chi connectivity index (χ1v) is 7.59. The molecule has 5 heteroatoms. The first kappa shape index (κ1) is 14.9. The Hall–Kier alpha value is -0.480. The van der Waals surface area contributed by atoms with Gasteiger partial charge in [0.2, 0.25) is 0 Å². The van der Waals surface area contributed by atoms with Crippen LogP contribution in [0.15, 0.2) is 39.6 Å². The molecule has 1 aromatic heterocycles. The molecule has 19 heavy (non-hydrogen) atoms. The Morgan fingerprint density at radius 1 is 1.26 bits per heavy atom. The molecule has 1 heterocycles. The number of rotatable bonds is 5. The lowest BCUT2D eigenvalue weighted by Gasteiger charge is -2.18. The van der Waals surface area contributed by atoms with Gasteiger partial charge in [0.25, 0.3) is 0 Å². The summed E-state index contributed by atoms with van der Waals surface area (Å²) in [5.41, 5.74) is 2.11. The van der Waals surface area contributed by atoms with Gasteiger partial charge in [0.1, 0.15) is 0 Å². The second-order valence-corrected chi connectivity index (χ2v) is 5.74. The van der Waals surface area contributed by atoms with E-state index in [0.717, 1.165) is 28.8 Å². The van der Waals surface area contributed by atoms with Crippen LogP contribution in [0.4, 0.5) is 0 Å². The lowest BCUT2D eigenvalue weighted by atomic mass is 10.0. The summed E-state index contributed by atoms with van der Waals surface area (Å²) < 4.78 is 6.05. The predicted octanol–water partition coefficient (Wildman–Crippen LogP) is 5.44. The van der Waals surface area contributed by atoms with Crippen LogP contribution >= 0.6 is 39.1 Å². The molecule has 2 rings (SSSR count). The number of halogens is 3. The molecule has 0 saturated heterocycles. The van der Waals surface area contributed by atoms with Gasteiger partial charge in [0.15, 0.2) is 4.67 Å². The van der Waals surface area contributed by atoms with Gasteiger partial charge >= 0.3 is 0 Å². The van der Waals surface area contributed by atoms with E-state index < -0.39 is 0 Å². The van der Waals surface area contributed by atoms with E-state index in [-0.39, 0.29) is 6.04 Å². The van der Waals surface area contributed by atoms with Gasteiger partial charge < -0.3 is 9.73 Å². The first-order valence-electron chi connectivity index (χ1n) is 6.04. The van der Waals surface area contributed by atoms with Crippen LogP contribution in [0.2, 0.25) is 10.0 Å². The summed E-state index contributed by atoms with van der Waals surface area (Å²) in [6, 6.07) is 7.65. The third kappa shape index (κ3) is 3.54. The lowest BCUT2D eigenvalue weighted by molar-refractivity contribution is 0.523. The Labute approximate surface area is 131 Å². The van der Waals surface area contributed by atoms with Crippen molar-refractivity contribution < 1.29 is 4.42 Å². The quantitative estimate of drug-likeness (QED) is 0.766. The molecule has 1 atom stereocenters. The summed E-state index contributed by atoms with van der Waals surface area (Å²) in [4.78, 5) is 0. The minimum atomic E-state index is 0.0304. The van der Waals surface area contributed by atoms with Gasteiger partial charge in [-0.25, -0.2) is 0 Å². The number of hydrogen-bond acceptors (Lipinski definition) is 2. The van der Waals surface area contributed by atoms with E-state index in [2.05, 4.69) is 28.2 Å². The van der Waals surface area contributed by atoms with Crippen LogP contribution in [0.1, 0.15) is 30.5 Å². The lowest BCUT2D eigenvalue weighted by Crippen LogP contribution is -2.23. The van der Waals surface area contributed by atoms with E-state index in [1.165, 1.54) is 0 Å². The van der Waals surface area contributed by atoms with Crippen molar-refractivity contribution in [3.8, 4) is 0 Å². The molecular formula is C14H14BrCl2NO. The molecule has 0 saturated carbocycles. The highest BCUT2D eigenvalue weighted by Crippen LogP contribution is 2.32. The Bertz CT molecular complexity index is 556. The van der Waals surface area contributed by atoms with E-state index in [1.807, 2.05) is 24.3 Å². The van der Waals surface area contributed by atoms with E-state index in [0.29, 0.717) is 10.0 Å². The van der Waals surface area contributed by atoms with Crippen molar-refractivity contribution in [1.82, 2.24) is 5.32 Å². The largest absolute Gasteiger partial charge is 0.457 e. The van der Waals surface area contributed by atoms with Crippen LogP contribution in [0, 0.1) is 0 Å². The number of furan rings is 1. The van der Waals surface area contributed by atoms with Crippen molar-refractivity contribution in [2.45, 2.75) is 19.4 Å². The van der Waals surface area contributed by atoms with Crippen LogP contribution in [0.5, 0.6) is 0 Å². The summed E-state index contributed by atoms with van der Waals surface area (Å²) in [5.74, 6) is 0. The molecule has 0 aliphatic rings. The minimum absolute atomic E-state index is 0.0304. The zero-order valence-electron chi connectivity index (χ0n) is 10.4. The maximum Gasteiger partial charge on any atom is 0.174 e. The van der Waals surface area contributed by atoms with Gasteiger partial charge in [0, 0.05) is 5.56 Å². The summed E-state index contributed by atoms with van der Waals surface area (Å²) in [6.45, 7) is 3.03. The van der Waals surface area contributed by atoms with Crippen molar-refractivity contribution in [1.29, 1.82) is 0 Å². The molecular weight excluding hydrogens is 349 g/mol. The summed E-state index contributed by atoms with van der Waals surface area (Å²) >= 11 is 15.5. The monoisotopic (exact) mass is 361 g/mol. The summed E-state index contributed by atoms with van der Waals surface area (Å²) in [6.07, 6.45) is 2.71. The van der Waals surface area contributed by atoms with Gasteiger partial charge in [-0.3, -0.25) is 0 Å². The second kappa shape index (κ2) is 6.80. The maximum absolute atomic E-state index is 6.10. The van der Waals surface area contributed by atoms with Crippen LogP contribution in [0.3, 0.4) is 0 Å². The van der Waals surface area contributed by atoms with Crippen LogP contribution < -0.4 is 5.32 Å². The van der Waals surface area contributed by atoms with Crippen molar-refractivity contribution >= 4 is 39.1 Å². The van der Waals surface area contributed by atoms with Crippen molar-refractivity contribution in [2.75, 3.05) is 6.54 Å². The molecule has 1 unspecified atom stereocenters. The molecule has 0 radical (unpaired) electrons. The Morgan fingerprint density at radius 2 is 2.05 bits per heavy atom. The van der Waals surface area contributed by atoms with Gasteiger partial charge in [-0.1, -0.05) is 36.2 Å². The van der Waals surface area contributed by atoms with E-state index in [1.54, 1.807) is 6.26 Å². The summed E-state index contributed by atoms with van der Waals surface area (Å²) in [5, 5.41) is 4.60. The molecule has 0 spiro atoms. The minimum Gasteiger partial charge on any atom is -0.457 e. The van der Waals surface area contributed by atoms with E-state index in [4.69, 9.17) is 27.6 Å². The van der Waals surface area contributed by atoms with Crippen LogP contribution in [-0.2, 0) is 0 Å². The third-order valence-corrected chi connectivity index (χ3v) is 4.22. The zero-order chi connectivity index (χ0) is 13.8. The molecule has 2 aromatic rings. The Morgan fingerprint density at radius 3 is 2.63 bits per heavy atom. The normalized spacial score (nSPS) is 12.6. The number of nitrogens with one attached hydrogen (secondary N) is 1. The molecule has 0 aliphatic carbocycles. The second-order valence-electron chi connectivity index (χ2n) is 4.21. The molecule has 0 amide bonds. The fraction of sp³-hybridized carbons (Fsp3) is 0.286. The standard InChI is InChI=1S/C14H14BrCl2NO/c1-2-6-18-13(10-5-7-19-14(10)15)9-3-4-11(16)12(17)8-9/h3-5,7-8,13,18H,2,6H2,1H3. The van der Waals surface area contributed by atoms with Crippen LogP contribution in [0.25, 0.3) is 0 Å². The highest BCUT2D eigenvalue weighted by Gasteiger charge is 2.18. The highest BCUT2D eigenvalue weighted by molar-refractivity contribution is 9.10. The van der Waals surface area contributed by atoms with E-state index in [9.17, 15) is 0 Å².